The van der Waals surface area contributed by atoms with Crippen molar-refractivity contribution in [3.8, 4) is 0 Å². The molecule has 3 N–H and O–H groups in total. The Hall–Kier alpha value is -0.380. The highest BCUT2D eigenvalue weighted by Gasteiger charge is 2.16. The molecule has 3 heteroatoms. The van der Waals surface area contributed by atoms with Crippen molar-refractivity contribution in [3.63, 3.8) is 0 Å². The van der Waals surface area contributed by atoms with Gasteiger partial charge in [0.15, 0.2) is 0 Å². The van der Waals surface area contributed by atoms with Crippen LogP contribution in [0.1, 0.15) is 103 Å². The Morgan fingerprint density at radius 1 is 0.565 bits per heavy atom. The number of hydrogen-bond donors (Lipinski definition) is 3. The third-order valence-electron chi connectivity index (χ3n) is 4.13. The third-order valence-corrected chi connectivity index (χ3v) is 4.13. The van der Waals surface area contributed by atoms with Gasteiger partial charge in [-0.25, -0.2) is 0 Å². The molecule has 137 valence electrons. The van der Waals surface area contributed by atoms with Gasteiger partial charge in [0.1, 0.15) is 0 Å². The summed E-state index contributed by atoms with van der Waals surface area (Å²) in [5.74, 6) is -2.60. The van der Waals surface area contributed by atoms with Crippen molar-refractivity contribution in [1.82, 2.24) is 0 Å². The van der Waals surface area contributed by atoms with Crippen LogP contribution in [0.5, 0.6) is 0 Å². The molecule has 1 radical (unpaired) electrons. The molecule has 0 aliphatic rings. The maximum atomic E-state index is 8.69. The average molecular weight is 328 g/mol. The van der Waals surface area contributed by atoms with E-state index in [1.165, 1.54) is 77.0 Å². The van der Waals surface area contributed by atoms with Crippen LogP contribution in [-0.2, 0) is 0 Å². The van der Waals surface area contributed by atoms with Crippen molar-refractivity contribution in [2.75, 3.05) is 0 Å². The topological polar surface area (TPSA) is 60.7 Å². The molecule has 0 aromatic rings. The molecule has 3 nitrogen and oxygen atoms in total. The number of aliphatic hydroxyl groups is 3. The molecule has 0 heterocycles. The second-order valence-electron chi connectivity index (χ2n) is 6.62. The summed E-state index contributed by atoms with van der Waals surface area (Å²) in [6.07, 6.45) is 24.0. The summed E-state index contributed by atoms with van der Waals surface area (Å²) in [4.78, 5) is 0. The molecular weight excluding hydrogens is 288 g/mol. The number of unbranched alkanes of at least 4 members (excludes halogenated alkanes) is 13. The molecular formula is C20H39O3. The Kier molecular flexibility index (Phi) is 16.2. The van der Waals surface area contributed by atoms with E-state index in [1.807, 2.05) is 0 Å². The van der Waals surface area contributed by atoms with E-state index < -0.39 is 5.97 Å². The van der Waals surface area contributed by atoms with E-state index in [9.17, 15) is 0 Å². The van der Waals surface area contributed by atoms with Crippen molar-refractivity contribution in [2.24, 2.45) is 0 Å². The van der Waals surface area contributed by atoms with Gasteiger partial charge in [0.25, 0.3) is 5.97 Å². The van der Waals surface area contributed by atoms with Gasteiger partial charge in [-0.2, -0.15) is 0 Å². The van der Waals surface area contributed by atoms with E-state index >= 15 is 0 Å². The van der Waals surface area contributed by atoms with Crippen LogP contribution in [0.3, 0.4) is 0 Å². The number of allylic oxidation sites excluding steroid dienone is 2. The van der Waals surface area contributed by atoms with Crippen LogP contribution in [0.25, 0.3) is 0 Å². The molecule has 23 heavy (non-hydrogen) atoms. The summed E-state index contributed by atoms with van der Waals surface area (Å²) in [6, 6.07) is 0. The van der Waals surface area contributed by atoms with Gasteiger partial charge in [-0.3, -0.25) is 0 Å². The van der Waals surface area contributed by atoms with Gasteiger partial charge in [0.05, 0.1) is 6.42 Å². The van der Waals surface area contributed by atoms with Gasteiger partial charge >= 0.3 is 0 Å². The fraction of sp³-hybridized carbons (Fsp3) is 0.850. The quantitative estimate of drug-likeness (QED) is 0.194. The van der Waals surface area contributed by atoms with Crippen LogP contribution in [0.15, 0.2) is 12.2 Å². The van der Waals surface area contributed by atoms with Crippen LogP contribution < -0.4 is 0 Å². The van der Waals surface area contributed by atoms with Crippen LogP contribution in [0.2, 0.25) is 0 Å². The Labute approximate surface area is 143 Å². The molecule has 0 rings (SSSR count). The molecule has 0 saturated heterocycles. The van der Waals surface area contributed by atoms with E-state index in [0.717, 1.165) is 19.3 Å². The average Bonchev–Trinajstić information content (AvgIpc) is 2.49. The molecule has 0 aliphatic heterocycles. The summed E-state index contributed by atoms with van der Waals surface area (Å²) in [5, 5.41) is 26.1. The first-order valence-electron chi connectivity index (χ1n) is 9.72. The first-order valence-corrected chi connectivity index (χ1v) is 9.72. The fourth-order valence-electron chi connectivity index (χ4n) is 2.69. The highest BCUT2D eigenvalue weighted by atomic mass is 16.7. The van der Waals surface area contributed by atoms with E-state index in [2.05, 4.69) is 19.1 Å². The van der Waals surface area contributed by atoms with E-state index in [0.29, 0.717) is 6.42 Å². The lowest BCUT2D eigenvalue weighted by Crippen LogP contribution is -2.27. The van der Waals surface area contributed by atoms with Gasteiger partial charge in [-0.15, -0.1) is 0 Å². The second kappa shape index (κ2) is 16.5. The van der Waals surface area contributed by atoms with E-state index in [-0.39, 0.29) is 0 Å². The molecule has 0 spiro atoms. The Morgan fingerprint density at radius 2 is 0.957 bits per heavy atom. The van der Waals surface area contributed by atoms with Crippen LogP contribution in [0, 0.1) is 6.42 Å². The van der Waals surface area contributed by atoms with Gasteiger partial charge < -0.3 is 15.3 Å². The summed E-state index contributed by atoms with van der Waals surface area (Å²) in [7, 11) is 0. The normalized spacial score (nSPS) is 12.3. The lowest BCUT2D eigenvalue weighted by atomic mass is 10.1. The summed E-state index contributed by atoms with van der Waals surface area (Å²) >= 11 is 0. The van der Waals surface area contributed by atoms with Crippen LogP contribution >= 0.6 is 0 Å². The second-order valence-corrected chi connectivity index (χ2v) is 6.62. The molecule has 0 atom stereocenters. The minimum atomic E-state index is -2.60. The maximum Gasteiger partial charge on any atom is 0.278 e. The Balaban J connectivity index is 3.11. The summed E-state index contributed by atoms with van der Waals surface area (Å²) < 4.78 is 0. The standard InChI is InChI=1S/C20H39O3/c1-2-3-4-5-6-7-8-9-10-11-12-13-14-15-16-17-18-19-20(21,22)23/h9-10,19,21-23H,2-8,11-18H2,1H3/b10-9-. The largest absolute Gasteiger partial charge is 0.343 e. The SMILES string of the molecule is CCCCCCCC/C=C\CCCCCCCC[CH]C(O)(O)O. The molecule has 0 bridgehead atoms. The lowest BCUT2D eigenvalue weighted by Gasteiger charge is -2.12. The monoisotopic (exact) mass is 327 g/mol. The predicted octanol–water partition coefficient (Wildman–Crippen LogP) is 5.25. The van der Waals surface area contributed by atoms with Gasteiger partial charge in [0.2, 0.25) is 0 Å². The van der Waals surface area contributed by atoms with Crippen molar-refractivity contribution in [3.05, 3.63) is 18.6 Å². The Morgan fingerprint density at radius 3 is 1.39 bits per heavy atom. The molecule has 0 aromatic heterocycles. The number of hydrogen-bond acceptors (Lipinski definition) is 3. The minimum absolute atomic E-state index is 0.546. The lowest BCUT2D eigenvalue weighted by molar-refractivity contribution is -0.287. The molecule has 0 amide bonds. The van der Waals surface area contributed by atoms with E-state index in [1.54, 1.807) is 0 Å². The van der Waals surface area contributed by atoms with Gasteiger partial charge in [-0.1, -0.05) is 83.3 Å². The summed E-state index contributed by atoms with van der Waals surface area (Å²) in [5.41, 5.74) is 0. The first kappa shape index (κ1) is 22.6. The maximum absolute atomic E-state index is 8.69. The highest BCUT2D eigenvalue weighted by Crippen LogP contribution is 2.12. The van der Waals surface area contributed by atoms with Crippen molar-refractivity contribution >= 4 is 0 Å². The first-order chi connectivity index (χ1) is 11.1. The molecule has 0 aliphatic carbocycles. The summed E-state index contributed by atoms with van der Waals surface area (Å²) in [6.45, 7) is 2.26. The minimum Gasteiger partial charge on any atom is -0.343 e. The molecule has 0 fully saturated rings. The van der Waals surface area contributed by atoms with Crippen molar-refractivity contribution in [2.45, 2.75) is 109 Å². The predicted molar refractivity (Wildman–Crippen MR) is 97.8 cm³/mol. The highest BCUT2D eigenvalue weighted by molar-refractivity contribution is 4.81. The molecule has 0 saturated carbocycles. The Bertz CT molecular complexity index is 256. The molecule has 0 aromatic carbocycles. The van der Waals surface area contributed by atoms with Crippen molar-refractivity contribution < 1.29 is 15.3 Å². The van der Waals surface area contributed by atoms with Gasteiger partial charge in [-0.05, 0) is 32.1 Å². The van der Waals surface area contributed by atoms with Gasteiger partial charge in [0, 0.05) is 0 Å². The van der Waals surface area contributed by atoms with Crippen LogP contribution in [0.4, 0.5) is 0 Å². The van der Waals surface area contributed by atoms with Crippen molar-refractivity contribution in [1.29, 1.82) is 0 Å². The van der Waals surface area contributed by atoms with E-state index in [4.69, 9.17) is 15.3 Å². The molecule has 0 unspecified atom stereocenters. The zero-order valence-corrected chi connectivity index (χ0v) is 15.2. The third kappa shape index (κ3) is 21.6. The zero-order chi connectivity index (χ0) is 17.2. The van der Waals surface area contributed by atoms with Crippen LogP contribution in [-0.4, -0.2) is 21.3 Å². The number of rotatable bonds is 17. The zero-order valence-electron chi connectivity index (χ0n) is 15.2. The smallest absolute Gasteiger partial charge is 0.278 e. The fourth-order valence-corrected chi connectivity index (χ4v) is 2.69.